The van der Waals surface area contributed by atoms with Crippen LogP contribution in [0.5, 0.6) is 0 Å². The Bertz CT molecular complexity index is 555. The van der Waals surface area contributed by atoms with Crippen LogP contribution in [0, 0.1) is 0 Å². The second kappa shape index (κ2) is 5.41. The number of rotatable bonds is 2. The average Bonchev–Trinajstić information content (AvgIpc) is 2.72. The van der Waals surface area contributed by atoms with Gasteiger partial charge in [-0.1, -0.05) is 30.3 Å². The minimum Gasteiger partial charge on any atom is -0.310 e. The predicted molar refractivity (Wildman–Crippen MR) is 87.6 cm³/mol. The van der Waals surface area contributed by atoms with Crippen LogP contribution >= 0.6 is 0 Å². The van der Waals surface area contributed by atoms with Crippen LogP contribution in [-0.2, 0) is 4.79 Å². The molecule has 1 aliphatic rings. The van der Waals surface area contributed by atoms with Gasteiger partial charge in [0, 0.05) is 11.1 Å². The highest BCUT2D eigenvalue weighted by Crippen LogP contribution is 2.42. The molecule has 1 saturated heterocycles. The van der Waals surface area contributed by atoms with E-state index in [0.29, 0.717) is 0 Å². The van der Waals surface area contributed by atoms with E-state index in [1.807, 2.05) is 76.8 Å². The lowest BCUT2D eigenvalue weighted by atomic mass is 9.94. The molecule has 1 aromatic rings. The maximum Gasteiger partial charge on any atom is 0.322 e. The van der Waals surface area contributed by atoms with Gasteiger partial charge in [-0.2, -0.15) is 0 Å². The lowest BCUT2D eigenvalue weighted by molar-refractivity contribution is -0.113. The van der Waals surface area contributed by atoms with Crippen LogP contribution in [0.25, 0.3) is 0 Å². The van der Waals surface area contributed by atoms with E-state index in [4.69, 9.17) is 0 Å². The molecule has 1 heterocycles. The van der Waals surface area contributed by atoms with E-state index >= 15 is 0 Å². The second-order valence-corrected chi connectivity index (χ2v) is 7.85. The molecule has 4 heteroatoms. The largest absolute Gasteiger partial charge is 0.322 e. The summed E-state index contributed by atoms with van der Waals surface area (Å²) in [7, 11) is 0. The molecule has 1 fully saturated rings. The fraction of sp³-hybridized carbons (Fsp3) is 0.556. The molecule has 0 bridgehead atoms. The van der Waals surface area contributed by atoms with Gasteiger partial charge < -0.3 is 14.6 Å². The van der Waals surface area contributed by atoms with E-state index in [1.165, 1.54) is 0 Å². The molecule has 22 heavy (non-hydrogen) atoms. The number of aldehydes is 1. The molecule has 0 spiro atoms. The molecule has 0 unspecified atom stereocenters. The van der Waals surface area contributed by atoms with E-state index < -0.39 is 11.6 Å². The Morgan fingerprint density at radius 2 is 1.41 bits per heavy atom. The van der Waals surface area contributed by atoms with E-state index in [9.17, 15) is 9.59 Å². The first-order valence-corrected chi connectivity index (χ1v) is 7.72. The Morgan fingerprint density at radius 1 is 0.909 bits per heavy atom. The summed E-state index contributed by atoms with van der Waals surface area (Å²) in [4.78, 5) is 28.4. The zero-order chi connectivity index (χ0) is 16.7. The van der Waals surface area contributed by atoms with Crippen LogP contribution in [0.4, 0.5) is 4.79 Å². The zero-order valence-electron chi connectivity index (χ0n) is 14.3. The zero-order valence-corrected chi connectivity index (χ0v) is 14.3. The van der Waals surface area contributed by atoms with Crippen molar-refractivity contribution in [1.29, 1.82) is 0 Å². The van der Waals surface area contributed by atoms with Crippen molar-refractivity contribution in [1.82, 2.24) is 9.80 Å². The molecule has 120 valence electrons. The van der Waals surface area contributed by atoms with Crippen LogP contribution in [-0.4, -0.2) is 39.2 Å². The van der Waals surface area contributed by atoms with E-state index in [2.05, 4.69) is 0 Å². The summed E-state index contributed by atoms with van der Waals surface area (Å²) in [6.45, 7) is 11.9. The van der Waals surface area contributed by atoms with E-state index in [0.717, 1.165) is 11.8 Å². The molecule has 0 saturated carbocycles. The summed E-state index contributed by atoms with van der Waals surface area (Å²) in [6.07, 6.45) is 0.909. The van der Waals surface area contributed by atoms with Gasteiger partial charge in [0.2, 0.25) is 0 Å². The highest BCUT2D eigenvalue weighted by Gasteiger charge is 2.53. The van der Waals surface area contributed by atoms with Crippen LogP contribution in [0.15, 0.2) is 30.3 Å². The summed E-state index contributed by atoms with van der Waals surface area (Å²) in [6, 6.07) is 8.99. The van der Waals surface area contributed by atoms with Crippen LogP contribution in [0.1, 0.15) is 53.1 Å². The summed E-state index contributed by atoms with van der Waals surface area (Å²) in [5.41, 5.74) is 0.226. The molecule has 0 aromatic heterocycles. The minimum atomic E-state index is -0.478. The number of carbonyl (C=O) groups excluding carboxylic acids is 2. The fourth-order valence-corrected chi connectivity index (χ4v) is 3.23. The molecule has 4 nitrogen and oxygen atoms in total. The van der Waals surface area contributed by atoms with Crippen molar-refractivity contribution >= 4 is 12.3 Å². The smallest absolute Gasteiger partial charge is 0.310 e. The van der Waals surface area contributed by atoms with Gasteiger partial charge in [0.1, 0.15) is 12.3 Å². The van der Waals surface area contributed by atoms with Crippen LogP contribution in [0.3, 0.4) is 0 Å². The van der Waals surface area contributed by atoms with Gasteiger partial charge in [0.25, 0.3) is 0 Å². The van der Waals surface area contributed by atoms with Gasteiger partial charge in [0.05, 0.1) is 6.04 Å². The summed E-state index contributed by atoms with van der Waals surface area (Å²) < 4.78 is 0. The van der Waals surface area contributed by atoms with Crippen molar-refractivity contribution in [3.8, 4) is 0 Å². The van der Waals surface area contributed by atoms with Crippen molar-refractivity contribution in [2.75, 3.05) is 0 Å². The number of amides is 2. The SMILES string of the molecule is CC(C)(C)N1C(=O)N(C(C)(C)C)[C@@H](c2ccccc2)[C@@H]1C=O. The molecular formula is C18H26N2O2. The predicted octanol–water partition coefficient (Wildman–Crippen LogP) is 3.63. The third-order valence-electron chi connectivity index (χ3n) is 4.04. The third kappa shape index (κ3) is 2.74. The van der Waals surface area contributed by atoms with E-state index in [1.54, 1.807) is 4.90 Å². The lowest BCUT2D eigenvalue weighted by Crippen LogP contribution is -2.50. The summed E-state index contributed by atoms with van der Waals surface area (Å²) >= 11 is 0. The molecule has 0 aliphatic carbocycles. The van der Waals surface area contributed by atoms with E-state index in [-0.39, 0.29) is 17.6 Å². The van der Waals surface area contributed by atoms with Crippen molar-refractivity contribution in [3.05, 3.63) is 35.9 Å². The van der Waals surface area contributed by atoms with Gasteiger partial charge in [-0.15, -0.1) is 0 Å². The molecule has 2 rings (SSSR count). The summed E-state index contributed by atoms with van der Waals surface area (Å²) in [5, 5.41) is 0. The first kappa shape index (κ1) is 16.5. The second-order valence-electron chi connectivity index (χ2n) is 7.85. The van der Waals surface area contributed by atoms with Gasteiger partial charge in [-0.25, -0.2) is 4.79 Å². The van der Waals surface area contributed by atoms with Crippen molar-refractivity contribution < 1.29 is 9.59 Å². The Morgan fingerprint density at radius 3 is 1.82 bits per heavy atom. The maximum absolute atomic E-state index is 13.0. The number of carbonyl (C=O) groups is 2. The number of nitrogens with zero attached hydrogens (tertiary/aromatic N) is 2. The van der Waals surface area contributed by atoms with Crippen molar-refractivity contribution in [3.63, 3.8) is 0 Å². The number of hydrogen-bond acceptors (Lipinski definition) is 2. The Kier molecular flexibility index (Phi) is 4.07. The Hall–Kier alpha value is -1.84. The lowest BCUT2D eigenvalue weighted by Gasteiger charge is -2.37. The number of urea groups is 1. The average molecular weight is 302 g/mol. The molecule has 0 radical (unpaired) electrons. The first-order valence-electron chi connectivity index (χ1n) is 7.72. The van der Waals surface area contributed by atoms with Crippen molar-refractivity contribution in [2.45, 2.75) is 64.7 Å². The standard InChI is InChI=1S/C18H26N2O2/c1-17(2,3)19-14(12-21)15(13-10-8-7-9-11-13)20(16(19)22)18(4,5)6/h7-12,14-15H,1-6H3/t14-,15-/m0/s1. The number of hydrogen-bond donors (Lipinski definition) is 0. The molecule has 1 aromatic carbocycles. The molecule has 1 aliphatic heterocycles. The summed E-state index contributed by atoms with van der Waals surface area (Å²) in [5.74, 6) is 0. The highest BCUT2D eigenvalue weighted by molar-refractivity contribution is 5.85. The fourth-order valence-electron chi connectivity index (χ4n) is 3.23. The van der Waals surface area contributed by atoms with Gasteiger partial charge in [0.15, 0.2) is 0 Å². The molecular weight excluding hydrogens is 276 g/mol. The Balaban J connectivity index is 2.60. The molecule has 0 N–H and O–H groups in total. The van der Waals surface area contributed by atoms with Crippen molar-refractivity contribution in [2.24, 2.45) is 0 Å². The molecule has 2 amide bonds. The maximum atomic E-state index is 13.0. The van der Waals surface area contributed by atoms with Crippen LogP contribution < -0.4 is 0 Å². The first-order chi connectivity index (χ1) is 10.1. The number of benzene rings is 1. The quantitative estimate of drug-likeness (QED) is 0.783. The monoisotopic (exact) mass is 302 g/mol. The van der Waals surface area contributed by atoms with Crippen LogP contribution in [0.2, 0.25) is 0 Å². The minimum absolute atomic E-state index is 0.0778. The van der Waals surface area contributed by atoms with Gasteiger partial charge in [-0.3, -0.25) is 0 Å². The highest BCUT2D eigenvalue weighted by atomic mass is 16.2. The molecule has 2 atom stereocenters. The normalized spacial score (nSPS) is 23.1. The third-order valence-corrected chi connectivity index (χ3v) is 4.04. The topological polar surface area (TPSA) is 40.6 Å². The van der Waals surface area contributed by atoms with Gasteiger partial charge >= 0.3 is 6.03 Å². The Labute approximate surface area is 133 Å². The van der Waals surface area contributed by atoms with Gasteiger partial charge in [-0.05, 0) is 47.1 Å².